The maximum atomic E-state index is 12.8. The van der Waals surface area contributed by atoms with E-state index in [-0.39, 0.29) is 11.7 Å². The number of hydrogen-bond donors (Lipinski definition) is 1. The maximum Gasteiger partial charge on any atom is 0.291 e. The normalized spacial score (nSPS) is 11.1. The third-order valence-corrected chi connectivity index (χ3v) is 5.81. The van der Waals surface area contributed by atoms with Gasteiger partial charge in [-0.05, 0) is 67.1 Å². The van der Waals surface area contributed by atoms with Crippen LogP contribution in [0.1, 0.15) is 16.1 Å². The van der Waals surface area contributed by atoms with E-state index in [4.69, 9.17) is 32.4 Å². The Morgan fingerprint density at radius 1 is 1.00 bits per heavy atom. The Kier molecular flexibility index (Phi) is 5.73. The Labute approximate surface area is 204 Å². The summed E-state index contributed by atoms with van der Waals surface area (Å²) in [4.78, 5) is 14.3. The predicted molar refractivity (Wildman–Crippen MR) is 132 cm³/mol. The van der Waals surface area contributed by atoms with Gasteiger partial charge >= 0.3 is 0 Å². The van der Waals surface area contributed by atoms with E-state index in [9.17, 15) is 4.79 Å². The molecule has 3 aromatic carbocycles. The van der Waals surface area contributed by atoms with E-state index in [1.165, 1.54) is 4.80 Å². The van der Waals surface area contributed by atoms with Crippen molar-refractivity contribution in [1.29, 1.82) is 0 Å². The predicted octanol–water partition coefficient (Wildman–Crippen LogP) is 6.56. The Balaban J connectivity index is 1.40. The minimum Gasteiger partial charge on any atom is -0.495 e. The summed E-state index contributed by atoms with van der Waals surface area (Å²) in [5, 5.41) is 13.0. The van der Waals surface area contributed by atoms with Crippen LogP contribution in [0.4, 0.5) is 5.69 Å². The summed E-state index contributed by atoms with van der Waals surface area (Å²) in [5.41, 5.74) is 4.23. The number of furan rings is 1. The minimum absolute atomic E-state index is 0.186. The zero-order chi connectivity index (χ0) is 23.8. The quantitative estimate of drug-likeness (QED) is 0.300. The molecule has 0 spiro atoms. The van der Waals surface area contributed by atoms with E-state index in [2.05, 4.69) is 15.5 Å². The van der Waals surface area contributed by atoms with Gasteiger partial charge < -0.3 is 14.5 Å². The molecule has 0 aliphatic carbocycles. The summed E-state index contributed by atoms with van der Waals surface area (Å²) in [5.74, 6) is 0.941. The maximum absolute atomic E-state index is 12.8. The first-order chi connectivity index (χ1) is 16.4. The molecule has 0 aliphatic heterocycles. The van der Waals surface area contributed by atoms with Crippen LogP contribution < -0.4 is 10.1 Å². The van der Waals surface area contributed by atoms with Crippen LogP contribution in [-0.4, -0.2) is 28.0 Å². The molecular formula is C25H18Cl2N4O3. The van der Waals surface area contributed by atoms with Gasteiger partial charge in [-0.2, -0.15) is 4.80 Å². The molecule has 1 amide bonds. The molecule has 0 saturated carbocycles. The largest absolute Gasteiger partial charge is 0.495 e. The van der Waals surface area contributed by atoms with E-state index >= 15 is 0 Å². The smallest absolute Gasteiger partial charge is 0.291 e. The number of hydrogen-bond acceptors (Lipinski definition) is 5. The molecule has 0 saturated heterocycles. The van der Waals surface area contributed by atoms with E-state index in [0.29, 0.717) is 44.0 Å². The number of halogens is 2. The van der Waals surface area contributed by atoms with Crippen LogP contribution in [0.25, 0.3) is 28.0 Å². The third-order valence-electron chi connectivity index (χ3n) is 5.28. The standard InChI is InChI=1S/C25H18Cl2N4O3/c1-14-10-20-21(30-31(29-20)17-6-7-23(33-2)18(27)12-17)13-19(14)28-25(32)24-9-8-22(34-24)15-4-3-5-16(26)11-15/h3-13H,1-2H3,(H,28,32). The summed E-state index contributed by atoms with van der Waals surface area (Å²) in [6.07, 6.45) is 0. The number of nitrogens with one attached hydrogen (secondary N) is 1. The van der Waals surface area contributed by atoms with E-state index < -0.39 is 0 Å². The first-order valence-corrected chi connectivity index (χ1v) is 11.1. The molecule has 0 radical (unpaired) electrons. The average molecular weight is 493 g/mol. The van der Waals surface area contributed by atoms with Crippen molar-refractivity contribution in [2.24, 2.45) is 0 Å². The summed E-state index contributed by atoms with van der Waals surface area (Å²) in [6.45, 7) is 1.89. The average Bonchev–Trinajstić information content (AvgIpc) is 3.47. The number of aromatic nitrogens is 3. The molecule has 0 atom stereocenters. The van der Waals surface area contributed by atoms with Gasteiger partial charge in [0.15, 0.2) is 5.76 Å². The van der Waals surface area contributed by atoms with Gasteiger partial charge in [0.2, 0.25) is 0 Å². The van der Waals surface area contributed by atoms with Gasteiger partial charge in [0, 0.05) is 16.3 Å². The fraction of sp³-hybridized carbons (Fsp3) is 0.0800. The highest BCUT2D eigenvalue weighted by molar-refractivity contribution is 6.32. The van der Waals surface area contributed by atoms with Crippen LogP contribution >= 0.6 is 23.2 Å². The Morgan fingerprint density at radius 3 is 2.53 bits per heavy atom. The molecule has 7 nitrogen and oxygen atoms in total. The zero-order valence-electron chi connectivity index (χ0n) is 18.2. The molecule has 5 rings (SSSR count). The van der Waals surface area contributed by atoms with Crippen molar-refractivity contribution in [3.05, 3.63) is 88.1 Å². The number of rotatable bonds is 5. The lowest BCUT2D eigenvalue weighted by Crippen LogP contribution is -2.11. The lowest BCUT2D eigenvalue weighted by molar-refractivity contribution is 0.0997. The molecule has 1 N–H and O–H groups in total. The van der Waals surface area contributed by atoms with Crippen molar-refractivity contribution in [2.75, 3.05) is 12.4 Å². The van der Waals surface area contributed by atoms with Gasteiger partial charge in [0.05, 0.1) is 17.8 Å². The second kappa shape index (κ2) is 8.85. The molecule has 2 aromatic heterocycles. The fourth-order valence-electron chi connectivity index (χ4n) is 3.54. The third kappa shape index (κ3) is 4.23. The highest BCUT2D eigenvalue weighted by Gasteiger charge is 2.16. The number of carbonyl (C=O) groups excluding carboxylic acids is 1. The molecule has 9 heteroatoms. The molecule has 2 heterocycles. The van der Waals surface area contributed by atoms with Crippen LogP contribution in [0.15, 0.2) is 71.1 Å². The molecule has 0 aliphatic rings. The van der Waals surface area contributed by atoms with E-state index in [1.54, 1.807) is 49.6 Å². The summed E-state index contributed by atoms with van der Waals surface area (Å²) < 4.78 is 10.9. The minimum atomic E-state index is -0.370. The van der Waals surface area contributed by atoms with Crippen LogP contribution in [0.2, 0.25) is 10.0 Å². The van der Waals surface area contributed by atoms with Crippen molar-refractivity contribution in [3.8, 4) is 22.8 Å². The van der Waals surface area contributed by atoms with Crippen molar-refractivity contribution in [2.45, 2.75) is 6.92 Å². The highest BCUT2D eigenvalue weighted by atomic mass is 35.5. The van der Waals surface area contributed by atoms with Gasteiger partial charge in [-0.15, -0.1) is 10.2 Å². The SMILES string of the molecule is COc1ccc(-n2nc3cc(C)c(NC(=O)c4ccc(-c5cccc(Cl)c5)o4)cc3n2)cc1Cl. The molecule has 0 unspecified atom stereocenters. The number of aryl methyl sites for hydroxylation is 1. The number of fused-ring (bicyclic) bond motifs is 1. The number of amides is 1. The Hall–Kier alpha value is -3.81. The lowest BCUT2D eigenvalue weighted by Gasteiger charge is -2.06. The van der Waals surface area contributed by atoms with Crippen LogP contribution in [0, 0.1) is 6.92 Å². The van der Waals surface area contributed by atoms with Crippen molar-refractivity contribution in [3.63, 3.8) is 0 Å². The molecule has 34 heavy (non-hydrogen) atoms. The van der Waals surface area contributed by atoms with Crippen LogP contribution in [0.3, 0.4) is 0 Å². The number of carbonyl (C=O) groups is 1. The van der Waals surface area contributed by atoms with Gasteiger partial charge in [0.25, 0.3) is 5.91 Å². The summed E-state index contributed by atoms with van der Waals surface area (Å²) in [6, 6.07) is 19.5. The number of benzene rings is 3. The summed E-state index contributed by atoms with van der Waals surface area (Å²) >= 11 is 12.3. The summed E-state index contributed by atoms with van der Waals surface area (Å²) in [7, 11) is 1.56. The van der Waals surface area contributed by atoms with Gasteiger partial charge in [0.1, 0.15) is 22.5 Å². The van der Waals surface area contributed by atoms with E-state index in [0.717, 1.165) is 11.1 Å². The highest BCUT2D eigenvalue weighted by Crippen LogP contribution is 2.28. The molecule has 170 valence electrons. The number of methoxy groups -OCH3 is 1. The van der Waals surface area contributed by atoms with Crippen LogP contribution in [0.5, 0.6) is 5.75 Å². The second-order valence-electron chi connectivity index (χ2n) is 7.59. The lowest BCUT2D eigenvalue weighted by atomic mass is 10.1. The van der Waals surface area contributed by atoms with Gasteiger partial charge in [-0.25, -0.2) is 0 Å². The Bertz CT molecular complexity index is 1540. The zero-order valence-corrected chi connectivity index (χ0v) is 19.7. The molecule has 5 aromatic rings. The van der Waals surface area contributed by atoms with Crippen molar-refractivity contribution >= 4 is 45.8 Å². The molecule has 0 bridgehead atoms. The monoisotopic (exact) mass is 492 g/mol. The first kappa shape index (κ1) is 22.0. The fourth-order valence-corrected chi connectivity index (χ4v) is 3.98. The van der Waals surface area contributed by atoms with Crippen molar-refractivity contribution in [1.82, 2.24) is 15.0 Å². The first-order valence-electron chi connectivity index (χ1n) is 10.3. The molecular weight excluding hydrogens is 475 g/mol. The number of ether oxygens (including phenoxy) is 1. The van der Waals surface area contributed by atoms with Crippen molar-refractivity contribution < 1.29 is 13.9 Å². The number of anilines is 1. The van der Waals surface area contributed by atoms with E-state index in [1.807, 2.05) is 31.2 Å². The Morgan fingerprint density at radius 2 is 1.79 bits per heavy atom. The number of nitrogens with zero attached hydrogens (tertiary/aromatic N) is 3. The van der Waals surface area contributed by atoms with Crippen LogP contribution in [-0.2, 0) is 0 Å². The van der Waals surface area contributed by atoms with Gasteiger partial charge in [-0.3, -0.25) is 4.79 Å². The molecule has 0 fully saturated rings. The van der Waals surface area contributed by atoms with Gasteiger partial charge in [-0.1, -0.05) is 35.3 Å². The topological polar surface area (TPSA) is 82.2 Å². The second-order valence-corrected chi connectivity index (χ2v) is 8.44.